The van der Waals surface area contributed by atoms with Gasteiger partial charge in [0.15, 0.2) is 0 Å². The third kappa shape index (κ3) is 3.64. The highest BCUT2D eigenvalue weighted by atomic mass is 35.5. The smallest absolute Gasteiger partial charge is 0.349 e. The second-order valence-electron chi connectivity index (χ2n) is 7.73. The molecule has 150 valence electrons. The van der Waals surface area contributed by atoms with Crippen LogP contribution in [0.2, 0.25) is 5.02 Å². The Balaban J connectivity index is 1.35. The molecule has 0 spiro atoms. The molecule has 1 amide bonds. The van der Waals surface area contributed by atoms with Gasteiger partial charge in [0.2, 0.25) is 0 Å². The van der Waals surface area contributed by atoms with E-state index < -0.39 is 11.7 Å². The Morgan fingerprint density at radius 2 is 1.93 bits per heavy atom. The highest BCUT2D eigenvalue weighted by Crippen LogP contribution is 2.62. The topological polar surface area (TPSA) is 46.9 Å². The zero-order valence-corrected chi connectivity index (χ0v) is 16.0. The molecular weight excluding hydrogens is 391 g/mol. The summed E-state index contributed by atoms with van der Waals surface area (Å²) < 4.78 is 39.8. The minimum absolute atomic E-state index is 0.00632. The largest absolute Gasteiger partial charge is 0.419 e. The summed E-state index contributed by atoms with van der Waals surface area (Å²) in [7, 11) is 0. The van der Waals surface area contributed by atoms with Crippen LogP contribution in [0, 0.1) is 17.8 Å². The summed E-state index contributed by atoms with van der Waals surface area (Å²) in [4.78, 5) is 12.5. The van der Waals surface area contributed by atoms with Crippen LogP contribution >= 0.6 is 11.6 Å². The molecule has 2 fully saturated rings. The number of halogens is 4. The number of amides is 1. The normalized spacial score (nSPS) is 27.3. The number of nitrogens with one attached hydrogen (secondary N) is 1. The van der Waals surface area contributed by atoms with Crippen molar-refractivity contribution in [3.63, 3.8) is 0 Å². The van der Waals surface area contributed by atoms with Gasteiger partial charge in [-0.3, -0.25) is 9.48 Å². The van der Waals surface area contributed by atoms with E-state index in [1.54, 1.807) is 24.3 Å². The molecule has 2 aliphatic rings. The Morgan fingerprint density at radius 3 is 2.46 bits per heavy atom. The first kappa shape index (κ1) is 19.3. The van der Waals surface area contributed by atoms with Crippen molar-refractivity contribution in [1.82, 2.24) is 15.1 Å². The van der Waals surface area contributed by atoms with Crippen LogP contribution in [0.1, 0.15) is 48.1 Å². The Hall–Kier alpha value is -2.02. The van der Waals surface area contributed by atoms with Gasteiger partial charge < -0.3 is 5.32 Å². The lowest BCUT2D eigenvalue weighted by molar-refractivity contribution is -0.137. The number of aromatic nitrogens is 2. The van der Waals surface area contributed by atoms with Crippen molar-refractivity contribution in [2.45, 2.75) is 44.4 Å². The van der Waals surface area contributed by atoms with Gasteiger partial charge in [-0.2, -0.15) is 18.3 Å². The molecule has 2 aromatic rings. The molecule has 8 heteroatoms. The van der Waals surface area contributed by atoms with Crippen LogP contribution in [0.5, 0.6) is 0 Å². The van der Waals surface area contributed by atoms with E-state index in [2.05, 4.69) is 10.4 Å². The van der Waals surface area contributed by atoms with Gasteiger partial charge in [-0.25, -0.2) is 0 Å². The van der Waals surface area contributed by atoms with Crippen LogP contribution in [-0.2, 0) is 6.18 Å². The quantitative estimate of drug-likeness (QED) is 0.755. The van der Waals surface area contributed by atoms with Gasteiger partial charge in [-0.1, -0.05) is 18.5 Å². The van der Waals surface area contributed by atoms with Crippen LogP contribution in [0.25, 0.3) is 0 Å². The first-order valence-corrected chi connectivity index (χ1v) is 9.83. The molecule has 2 aliphatic carbocycles. The summed E-state index contributed by atoms with van der Waals surface area (Å²) in [5.74, 6) is 1.13. The Morgan fingerprint density at radius 1 is 1.29 bits per heavy atom. The number of alkyl halides is 3. The van der Waals surface area contributed by atoms with Gasteiger partial charge in [-0.05, 0) is 61.3 Å². The molecule has 0 radical (unpaired) electrons. The summed E-state index contributed by atoms with van der Waals surface area (Å²) in [5, 5.41) is 7.62. The second-order valence-corrected chi connectivity index (χ2v) is 8.17. The van der Waals surface area contributed by atoms with E-state index in [0.29, 0.717) is 28.3 Å². The molecule has 28 heavy (non-hydrogen) atoms. The lowest BCUT2D eigenvalue weighted by Crippen LogP contribution is -2.37. The maximum absolute atomic E-state index is 12.8. The molecule has 1 heterocycles. The van der Waals surface area contributed by atoms with Crippen molar-refractivity contribution < 1.29 is 18.0 Å². The number of hydrogen-bond donors (Lipinski definition) is 1. The minimum atomic E-state index is -4.36. The van der Waals surface area contributed by atoms with Crippen molar-refractivity contribution in [3.8, 4) is 0 Å². The van der Waals surface area contributed by atoms with E-state index in [-0.39, 0.29) is 18.0 Å². The lowest BCUT2D eigenvalue weighted by atomic mass is 9.99. The van der Waals surface area contributed by atoms with Crippen LogP contribution in [0.3, 0.4) is 0 Å². The zero-order valence-electron chi connectivity index (χ0n) is 15.3. The highest BCUT2D eigenvalue weighted by molar-refractivity contribution is 6.30. The van der Waals surface area contributed by atoms with Crippen molar-refractivity contribution >= 4 is 17.5 Å². The maximum atomic E-state index is 12.8. The monoisotopic (exact) mass is 411 g/mol. The number of nitrogens with zero attached hydrogens (tertiary/aromatic N) is 2. The predicted molar refractivity (Wildman–Crippen MR) is 99.0 cm³/mol. The first-order chi connectivity index (χ1) is 13.3. The van der Waals surface area contributed by atoms with E-state index in [0.717, 1.165) is 31.7 Å². The van der Waals surface area contributed by atoms with Gasteiger partial charge >= 0.3 is 6.18 Å². The number of benzene rings is 1. The summed E-state index contributed by atoms with van der Waals surface area (Å²) >= 11 is 5.86. The standard InChI is InChI=1S/C20H21ClF3N3O/c1-2-17(26-19(28)11-3-5-13(21)6-4-11)18-15-7-14(8-16(15)18)27-10-12(9-25-27)20(22,23)24/h3-6,9-10,14-18H,2,7-8H2,1H3,(H,26,28)/t14?,15-,16+,17-,18?/m1/s1. The molecule has 0 aliphatic heterocycles. The zero-order chi connectivity index (χ0) is 20.1. The lowest BCUT2D eigenvalue weighted by Gasteiger charge is -2.22. The van der Waals surface area contributed by atoms with E-state index in [9.17, 15) is 18.0 Å². The van der Waals surface area contributed by atoms with E-state index >= 15 is 0 Å². The van der Waals surface area contributed by atoms with Gasteiger partial charge in [0, 0.05) is 22.8 Å². The molecule has 2 saturated carbocycles. The fourth-order valence-corrected chi connectivity index (χ4v) is 4.81. The number of hydrogen-bond acceptors (Lipinski definition) is 2. The second kappa shape index (κ2) is 7.10. The molecular formula is C20H21ClF3N3O. The molecule has 4 nitrogen and oxygen atoms in total. The average Bonchev–Trinajstić information content (AvgIpc) is 3.05. The Bertz CT molecular complexity index is 852. The van der Waals surface area contributed by atoms with Crippen LogP contribution in [-0.4, -0.2) is 21.7 Å². The summed E-state index contributed by atoms with van der Waals surface area (Å²) in [6.07, 6.45) is 0.0686. The third-order valence-electron chi connectivity index (χ3n) is 6.12. The van der Waals surface area contributed by atoms with Gasteiger partial charge in [0.1, 0.15) is 0 Å². The summed E-state index contributed by atoms with van der Waals surface area (Å²) in [5.41, 5.74) is -0.131. The van der Waals surface area contributed by atoms with Crippen molar-refractivity contribution in [2.75, 3.05) is 0 Å². The summed E-state index contributed by atoms with van der Waals surface area (Å²) in [6, 6.07) is 6.85. The molecule has 2 unspecified atom stereocenters. The summed E-state index contributed by atoms with van der Waals surface area (Å²) in [6.45, 7) is 2.04. The Labute approximate surface area is 166 Å². The number of fused-ring (bicyclic) bond motifs is 1. The predicted octanol–water partition coefficient (Wildman–Crippen LogP) is 4.96. The van der Waals surface area contributed by atoms with Crippen molar-refractivity contribution in [2.24, 2.45) is 17.8 Å². The van der Waals surface area contributed by atoms with Gasteiger partial charge in [0.25, 0.3) is 5.91 Å². The van der Waals surface area contributed by atoms with Crippen molar-refractivity contribution in [1.29, 1.82) is 0 Å². The van der Waals surface area contributed by atoms with E-state index in [4.69, 9.17) is 11.6 Å². The molecule has 5 atom stereocenters. The SMILES string of the molecule is CC[C@@H](NC(=O)c1ccc(Cl)cc1)C1[C@H]2CC(n3cc(C(F)(F)F)cn3)C[C@@H]12. The molecule has 1 aromatic heterocycles. The molecule has 4 rings (SSSR count). The van der Waals surface area contributed by atoms with Crippen LogP contribution in [0.15, 0.2) is 36.7 Å². The first-order valence-electron chi connectivity index (χ1n) is 9.45. The number of rotatable bonds is 5. The highest BCUT2D eigenvalue weighted by Gasteiger charge is 2.59. The van der Waals surface area contributed by atoms with E-state index in [1.165, 1.54) is 4.68 Å². The molecule has 0 saturated heterocycles. The van der Waals surface area contributed by atoms with Gasteiger partial charge in [0.05, 0.1) is 17.8 Å². The molecule has 0 bridgehead atoms. The molecule has 1 N–H and O–H groups in total. The maximum Gasteiger partial charge on any atom is 0.419 e. The van der Waals surface area contributed by atoms with E-state index in [1.807, 2.05) is 6.92 Å². The molecule has 1 aromatic carbocycles. The number of carbonyl (C=O) groups is 1. The Kier molecular flexibility index (Phi) is 4.89. The third-order valence-corrected chi connectivity index (χ3v) is 6.37. The fraction of sp³-hybridized carbons (Fsp3) is 0.500. The fourth-order valence-electron chi connectivity index (χ4n) is 4.68. The van der Waals surface area contributed by atoms with Crippen molar-refractivity contribution in [3.05, 3.63) is 52.8 Å². The number of carbonyl (C=O) groups excluding carboxylic acids is 1. The van der Waals surface area contributed by atoms with Crippen LogP contribution < -0.4 is 5.32 Å². The average molecular weight is 412 g/mol. The minimum Gasteiger partial charge on any atom is -0.349 e. The van der Waals surface area contributed by atoms with Crippen LogP contribution in [0.4, 0.5) is 13.2 Å². The van der Waals surface area contributed by atoms with Gasteiger partial charge in [-0.15, -0.1) is 0 Å².